The highest BCUT2D eigenvalue weighted by Gasteiger charge is 2.13. The van der Waals surface area contributed by atoms with E-state index >= 15 is 0 Å². The molecule has 5 N–H and O–H groups in total. The Morgan fingerprint density at radius 1 is 1.18 bits per heavy atom. The lowest BCUT2D eigenvalue weighted by Crippen LogP contribution is -2.24. The number of benzene rings is 2. The number of guanidine groups is 1. The van der Waals surface area contributed by atoms with Crippen molar-refractivity contribution in [3.63, 3.8) is 0 Å². The van der Waals surface area contributed by atoms with E-state index in [1.807, 2.05) is 17.5 Å². The molecule has 0 spiro atoms. The van der Waals surface area contributed by atoms with Gasteiger partial charge in [-0.2, -0.15) is 13.7 Å². The van der Waals surface area contributed by atoms with E-state index in [0.29, 0.717) is 22.2 Å². The van der Waals surface area contributed by atoms with Gasteiger partial charge in [-0.25, -0.2) is 4.98 Å². The van der Waals surface area contributed by atoms with E-state index in [2.05, 4.69) is 46.7 Å². The summed E-state index contributed by atoms with van der Waals surface area (Å²) in [5, 5.41) is 15.1. The molecule has 0 radical (unpaired) electrons. The van der Waals surface area contributed by atoms with Crippen LogP contribution < -0.4 is 16.8 Å². The average molecular weight is 481 g/mol. The third kappa shape index (κ3) is 6.41. The van der Waals surface area contributed by atoms with Gasteiger partial charge in [0.05, 0.1) is 10.6 Å². The van der Waals surface area contributed by atoms with Gasteiger partial charge < -0.3 is 16.8 Å². The molecule has 1 aromatic heterocycles. The lowest BCUT2D eigenvalue weighted by atomic mass is 10.0. The Morgan fingerprint density at radius 3 is 2.42 bits per heavy atom. The Morgan fingerprint density at radius 2 is 1.85 bits per heavy atom. The third-order valence-electron chi connectivity index (χ3n) is 4.51. The van der Waals surface area contributed by atoms with Crippen LogP contribution in [-0.2, 0) is 16.4 Å². The molecule has 2 aromatic carbocycles. The zero-order valence-electron chi connectivity index (χ0n) is 18.2. The lowest BCUT2D eigenvalue weighted by Gasteiger charge is -2.05. The first kappa shape index (κ1) is 24.0. The molecule has 170 valence electrons. The van der Waals surface area contributed by atoms with Crippen LogP contribution in [0.3, 0.4) is 0 Å². The van der Waals surface area contributed by atoms with Crippen LogP contribution in [-0.4, -0.2) is 19.4 Å². The number of nitrogens with zero attached hydrogens (tertiary/aromatic N) is 3. The first-order chi connectivity index (χ1) is 15.7. The molecule has 0 saturated carbocycles. The zero-order valence-corrected chi connectivity index (χ0v) is 19.8. The standard InChI is InChI=1S/C23H24N6O2S2/c1-15(2)11-16-3-5-17(6-4-16)21-14-32-22(28-21)18(12-24)13-27-19-7-9-20(10-8-19)33(30,31)29-23(25)26/h3-10,13-15,27H,11H2,1-2H3,(H4,25,26,29). The van der Waals surface area contributed by atoms with Crippen molar-refractivity contribution in [1.82, 2.24) is 4.98 Å². The van der Waals surface area contributed by atoms with E-state index in [1.165, 1.54) is 35.2 Å². The van der Waals surface area contributed by atoms with Gasteiger partial charge in [0, 0.05) is 22.8 Å². The molecule has 0 fully saturated rings. The normalized spacial score (nSPS) is 11.8. The van der Waals surface area contributed by atoms with E-state index in [0.717, 1.165) is 17.7 Å². The van der Waals surface area contributed by atoms with E-state index in [-0.39, 0.29) is 4.90 Å². The van der Waals surface area contributed by atoms with E-state index in [9.17, 15) is 13.7 Å². The largest absolute Gasteiger partial charge is 0.369 e. The number of nitrogens with two attached hydrogens (primary N) is 2. The Bertz CT molecular complexity index is 1310. The minimum atomic E-state index is -3.95. The van der Waals surface area contributed by atoms with Crippen LogP contribution in [0.5, 0.6) is 0 Å². The molecule has 0 unspecified atom stereocenters. The molecule has 8 nitrogen and oxygen atoms in total. The summed E-state index contributed by atoms with van der Waals surface area (Å²) in [6.07, 6.45) is 2.56. The fraction of sp³-hybridized carbons (Fsp3) is 0.174. The molecule has 33 heavy (non-hydrogen) atoms. The maximum absolute atomic E-state index is 12.0. The molecular formula is C23H24N6O2S2. The van der Waals surface area contributed by atoms with Crippen molar-refractivity contribution in [1.29, 1.82) is 5.26 Å². The smallest absolute Gasteiger partial charge is 0.285 e. The predicted molar refractivity (Wildman–Crippen MR) is 133 cm³/mol. The summed E-state index contributed by atoms with van der Waals surface area (Å²) in [5.41, 5.74) is 14.3. The second-order valence-electron chi connectivity index (χ2n) is 7.66. The minimum absolute atomic E-state index is 0.0464. The Labute approximate surface area is 197 Å². The average Bonchev–Trinajstić information content (AvgIpc) is 3.24. The van der Waals surface area contributed by atoms with Gasteiger partial charge in [-0.15, -0.1) is 15.7 Å². The molecule has 1 heterocycles. The highest BCUT2D eigenvalue weighted by atomic mass is 32.2. The van der Waals surface area contributed by atoms with Crippen molar-refractivity contribution >= 4 is 38.6 Å². The van der Waals surface area contributed by atoms with Gasteiger partial charge in [-0.05, 0) is 42.2 Å². The minimum Gasteiger partial charge on any atom is -0.369 e. The van der Waals surface area contributed by atoms with Gasteiger partial charge in [0.15, 0.2) is 0 Å². The van der Waals surface area contributed by atoms with Crippen molar-refractivity contribution in [2.45, 2.75) is 25.2 Å². The zero-order chi connectivity index (χ0) is 24.0. The molecule has 0 saturated heterocycles. The fourth-order valence-electron chi connectivity index (χ4n) is 3.02. The van der Waals surface area contributed by atoms with Crippen LogP contribution in [0.4, 0.5) is 5.69 Å². The number of rotatable bonds is 8. The van der Waals surface area contributed by atoms with E-state index < -0.39 is 16.0 Å². The molecule has 0 aliphatic carbocycles. The SMILES string of the molecule is CC(C)Cc1ccc(-c2csc(C(C#N)=CNc3ccc(S(=O)(=O)N=C(N)N)cc3)n2)cc1. The summed E-state index contributed by atoms with van der Waals surface area (Å²) in [4.78, 5) is 4.55. The molecule has 0 atom stereocenters. The van der Waals surface area contributed by atoms with Gasteiger partial charge in [0.25, 0.3) is 10.0 Å². The third-order valence-corrected chi connectivity index (χ3v) is 6.70. The quantitative estimate of drug-likeness (QED) is 0.251. The lowest BCUT2D eigenvalue weighted by molar-refractivity contribution is 0.598. The number of hydrogen-bond donors (Lipinski definition) is 3. The highest BCUT2D eigenvalue weighted by molar-refractivity contribution is 7.90. The van der Waals surface area contributed by atoms with Crippen LogP contribution in [0.2, 0.25) is 0 Å². The van der Waals surface area contributed by atoms with E-state index in [4.69, 9.17) is 11.5 Å². The molecule has 3 rings (SSSR count). The number of aromatic nitrogens is 1. The Kier molecular flexibility index (Phi) is 7.48. The summed E-state index contributed by atoms with van der Waals surface area (Å²) >= 11 is 1.38. The van der Waals surface area contributed by atoms with Crippen LogP contribution in [0.15, 0.2) is 69.4 Å². The molecule has 0 aliphatic rings. The number of nitriles is 1. The topological polar surface area (TPSA) is 147 Å². The van der Waals surface area contributed by atoms with Crippen molar-refractivity contribution in [2.75, 3.05) is 5.32 Å². The first-order valence-corrected chi connectivity index (χ1v) is 12.4. The monoisotopic (exact) mass is 480 g/mol. The van der Waals surface area contributed by atoms with Crippen molar-refractivity contribution in [3.8, 4) is 17.3 Å². The number of thiazole rings is 1. The summed E-state index contributed by atoms with van der Waals surface area (Å²) in [5.74, 6) is 0.0597. The van der Waals surface area contributed by atoms with Crippen LogP contribution >= 0.6 is 11.3 Å². The van der Waals surface area contributed by atoms with Crippen LogP contribution in [0.1, 0.15) is 24.4 Å². The van der Waals surface area contributed by atoms with Gasteiger partial charge >= 0.3 is 0 Å². The van der Waals surface area contributed by atoms with Crippen molar-refractivity contribution in [3.05, 3.63) is 70.7 Å². The Balaban J connectivity index is 1.74. The maximum atomic E-state index is 12.0. The molecule has 0 aliphatic heterocycles. The molecule has 10 heteroatoms. The molecule has 3 aromatic rings. The number of hydrogen-bond acceptors (Lipinski definition) is 6. The van der Waals surface area contributed by atoms with E-state index in [1.54, 1.807) is 12.1 Å². The second kappa shape index (κ2) is 10.3. The molecule has 0 amide bonds. The van der Waals surface area contributed by atoms with Gasteiger partial charge in [-0.1, -0.05) is 38.1 Å². The highest BCUT2D eigenvalue weighted by Crippen LogP contribution is 2.27. The Hall–Kier alpha value is -3.68. The summed E-state index contributed by atoms with van der Waals surface area (Å²) in [6.45, 7) is 4.38. The maximum Gasteiger partial charge on any atom is 0.285 e. The molecule has 0 bridgehead atoms. The van der Waals surface area contributed by atoms with Crippen molar-refractivity contribution in [2.24, 2.45) is 21.8 Å². The van der Waals surface area contributed by atoms with Gasteiger partial charge in [0.2, 0.25) is 5.96 Å². The predicted octanol–water partition coefficient (Wildman–Crippen LogP) is 3.95. The van der Waals surface area contributed by atoms with Crippen LogP contribution in [0.25, 0.3) is 16.8 Å². The van der Waals surface area contributed by atoms with Crippen molar-refractivity contribution < 1.29 is 8.42 Å². The van der Waals surface area contributed by atoms with Gasteiger partial charge in [0.1, 0.15) is 16.6 Å². The molecular weight excluding hydrogens is 456 g/mol. The number of nitrogens with one attached hydrogen (secondary N) is 1. The number of allylic oxidation sites excluding steroid dienone is 1. The second-order valence-corrected chi connectivity index (χ2v) is 10.1. The summed E-state index contributed by atoms with van der Waals surface area (Å²) in [6, 6.07) is 16.3. The first-order valence-electron chi connectivity index (χ1n) is 10.1. The number of anilines is 1. The number of sulfonamides is 1. The fourth-order valence-corrected chi connectivity index (χ4v) is 4.68. The van der Waals surface area contributed by atoms with Gasteiger partial charge in [-0.3, -0.25) is 0 Å². The summed E-state index contributed by atoms with van der Waals surface area (Å²) < 4.78 is 27.3. The summed E-state index contributed by atoms with van der Waals surface area (Å²) in [7, 11) is -3.95. The van der Waals surface area contributed by atoms with Crippen LogP contribution in [0, 0.1) is 17.2 Å².